The van der Waals surface area contributed by atoms with E-state index in [1.54, 1.807) is 0 Å². The number of nitrogens with zero attached hydrogens (tertiary/aromatic N) is 1. The summed E-state index contributed by atoms with van der Waals surface area (Å²) in [5.41, 5.74) is 2.55. The van der Waals surface area contributed by atoms with Gasteiger partial charge in [-0.1, -0.05) is 95.0 Å². The third-order valence-electron chi connectivity index (χ3n) is 8.14. The summed E-state index contributed by atoms with van der Waals surface area (Å²) < 4.78 is 6.62. The number of esters is 1. The molecular weight excluding hydrogens is 444 g/mol. The monoisotopic (exact) mass is 486 g/mol. The number of ether oxygens (including phenoxy) is 1. The van der Waals surface area contributed by atoms with Gasteiger partial charge in [0.15, 0.2) is 0 Å². The predicted octanol–water partition coefficient (Wildman–Crippen LogP) is 7.53. The number of benzene rings is 2. The third kappa shape index (κ3) is 5.49. The van der Waals surface area contributed by atoms with E-state index in [0.717, 1.165) is 67.1 Å². The minimum absolute atomic E-state index is 0.0660. The van der Waals surface area contributed by atoms with Gasteiger partial charge >= 0.3 is 5.97 Å². The van der Waals surface area contributed by atoms with Crippen LogP contribution in [0.25, 0.3) is 10.9 Å². The molecule has 2 heterocycles. The maximum absolute atomic E-state index is 14.1. The fourth-order valence-corrected chi connectivity index (χ4v) is 6.02. The lowest BCUT2D eigenvalue weighted by atomic mass is 9.69. The van der Waals surface area contributed by atoms with Crippen LogP contribution in [0.1, 0.15) is 89.4 Å². The number of carbonyl (C=O) groups excluding carboxylic acids is 1. The van der Waals surface area contributed by atoms with Crippen molar-refractivity contribution in [1.29, 1.82) is 0 Å². The number of pyridine rings is 1. The molecule has 3 atom stereocenters. The largest absolute Gasteiger partial charge is 0.455 e. The Labute approximate surface area is 216 Å². The van der Waals surface area contributed by atoms with E-state index in [9.17, 15) is 4.79 Å². The number of nitrogens with one attached hydrogen (secondary N) is 1. The van der Waals surface area contributed by atoms with Gasteiger partial charge in [-0.15, -0.1) is 0 Å². The van der Waals surface area contributed by atoms with Gasteiger partial charge in [-0.05, 0) is 55.8 Å². The number of piperidine rings is 1. The Kier molecular flexibility index (Phi) is 9.14. The Bertz CT molecular complexity index is 1090. The van der Waals surface area contributed by atoms with E-state index in [1.807, 2.05) is 62.5 Å². The SMILES string of the molecule is CC.CCC1CCC(C(OC(=O)C2(c3ccccc3)CCCCC2)c2ccnc3ccccc23)NC1. The first-order valence-electron chi connectivity index (χ1n) is 14.0. The number of carbonyl (C=O) groups is 1. The van der Waals surface area contributed by atoms with Crippen molar-refractivity contribution in [2.75, 3.05) is 6.54 Å². The van der Waals surface area contributed by atoms with Crippen LogP contribution in [0.5, 0.6) is 0 Å². The Hall–Kier alpha value is -2.72. The molecule has 2 fully saturated rings. The number of hydrogen-bond donors (Lipinski definition) is 1. The van der Waals surface area contributed by atoms with E-state index >= 15 is 0 Å². The Morgan fingerprint density at radius 3 is 2.42 bits per heavy atom. The molecule has 5 rings (SSSR count). The highest BCUT2D eigenvalue weighted by Crippen LogP contribution is 2.43. The average Bonchev–Trinajstić information content (AvgIpc) is 2.97. The summed E-state index contributed by atoms with van der Waals surface area (Å²) >= 11 is 0. The number of fused-ring (bicyclic) bond motifs is 1. The zero-order valence-corrected chi connectivity index (χ0v) is 22.2. The molecule has 0 spiro atoms. The first kappa shape index (κ1) is 26.3. The predicted molar refractivity (Wildman–Crippen MR) is 148 cm³/mol. The number of aromatic nitrogens is 1. The molecule has 4 heteroatoms. The van der Waals surface area contributed by atoms with E-state index in [2.05, 4.69) is 35.4 Å². The van der Waals surface area contributed by atoms with E-state index < -0.39 is 5.41 Å². The van der Waals surface area contributed by atoms with Crippen LogP contribution in [-0.4, -0.2) is 23.5 Å². The molecule has 1 N–H and O–H groups in total. The molecular formula is C32H42N2O2. The minimum Gasteiger partial charge on any atom is -0.455 e. The van der Waals surface area contributed by atoms with Crippen molar-refractivity contribution < 1.29 is 9.53 Å². The summed E-state index contributed by atoms with van der Waals surface area (Å²) in [6, 6.07) is 20.7. The second kappa shape index (κ2) is 12.5. The molecule has 3 aromatic rings. The lowest BCUT2D eigenvalue weighted by Gasteiger charge is -2.39. The second-order valence-electron chi connectivity index (χ2n) is 10.1. The molecule has 0 amide bonds. The fourth-order valence-electron chi connectivity index (χ4n) is 6.02. The summed E-state index contributed by atoms with van der Waals surface area (Å²) in [6.07, 6.45) is 9.89. The van der Waals surface area contributed by atoms with Crippen molar-refractivity contribution in [3.8, 4) is 0 Å². The molecule has 36 heavy (non-hydrogen) atoms. The van der Waals surface area contributed by atoms with Crippen molar-refractivity contribution in [1.82, 2.24) is 10.3 Å². The highest BCUT2D eigenvalue weighted by molar-refractivity contribution is 5.85. The van der Waals surface area contributed by atoms with Gasteiger partial charge in [0.25, 0.3) is 0 Å². The molecule has 0 radical (unpaired) electrons. The summed E-state index contributed by atoms with van der Waals surface area (Å²) in [7, 11) is 0. The van der Waals surface area contributed by atoms with Crippen LogP contribution in [0.2, 0.25) is 0 Å². The molecule has 4 nitrogen and oxygen atoms in total. The Balaban J connectivity index is 0.00000148. The highest BCUT2D eigenvalue weighted by atomic mass is 16.5. The van der Waals surface area contributed by atoms with Crippen molar-refractivity contribution in [3.05, 3.63) is 78.0 Å². The van der Waals surface area contributed by atoms with Crippen LogP contribution in [0.15, 0.2) is 66.9 Å². The standard InChI is InChI=1S/C30H36N2O2.C2H6/c1-2-22-15-16-27(32-21-22)28(25-17-20-31-26-14-8-7-13-24(25)26)34-29(33)30(18-9-4-10-19-30)23-11-5-3-6-12-23;1-2/h3,5-8,11-14,17,20,22,27-28,32H,2,4,9-10,15-16,18-19,21H2,1H3;1-2H3. The first-order valence-corrected chi connectivity index (χ1v) is 14.0. The molecule has 2 aromatic carbocycles. The van der Waals surface area contributed by atoms with Gasteiger partial charge in [0, 0.05) is 23.2 Å². The van der Waals surface area contributed by atoms with Gasteiger partial charge in [-0.2, -0.15) is 0 Å². The lowest BCUT2D eigenvalue weighted by molar-refractivity contribution is -0.160. The number of para-hydroxylation sites is 1. The maximum Gasteiger partial charge on any atom is 0.317 e. The molecule has 2 aliphatic rings. The molecule has 1 aliphatic carbocycles. The van der Waals surface area contributed by atoms with Crippen molar-refractivity contribution in [2.45, 2.75) is 89.7 Å². The van der Waals surface area contributed by atoms with E-state index in [-0.39, 0.29) is 18.1 Å². The molecule has 1 aromatic heterocycles. The van der Waals surface area contributed by atoms with Gasteiger partial charge < -0.3 is 10.1 Å². The van der Waals surface area contributed by atoms with Crippen LogP contribution < -0.4 is 5.32 Å². The molecule has 192 valence electrons. The zero-order valence-electron chi connectivity index (χ0n) is 22.2. The normalized spacial score (nSPS) is 22.2. The van der Waals surface area contributed by atoms with E-state index in [4.69, 9.17) is 4.74 Å². The second-order valence-corrected chi connectivity index (χ2v) is 10.1. The fraction of sp³-hybridized carbons (Fsp3) is 0.500. The van der Waals surface area contributed by atoms with Crippen LogP contribution >= 0.6 is 0 Å². The molecule has 1 saturated heterocycles. The molecule has 1 aliphatic heterocycles. The number of hydrogen-bond acceptors (Lipinski definition) is 4. The van der Waals surface area contributed by atoms with Crippen LogP contribution in [-0.2, 0) is 14.9 Å². The Morgan fingerprint density at radius 1 is 1.00 bits per heavy atom. The molecule has 0 bridgehead atoms. The van der Waals surface area contributed by atoms with Gasteiger partial charge in [0.1, 0.15) is 6.10 Å². The highest BCUT2D eigenvalue weighted by Gasteiger charge is 2.44. The minimum atomic E-state index is -0.554. The van der Waals surface area contributed by atoms with Crippen molar-refractivity contribution >= 4 is 16.9 Å². The van der Waals surface area contributed by atoms with Gasteiger partial charge in [0.2, 0.25) is 0 Å². The van der Waals surface area contributed by atoms with E-state index in [1.165, 1.54) is 12.8 Å². The average molecular weight is 487 g/mol. The van der Waals surface area contributed by atoms with Gasteiger partial charge in [-0.25, -0.2) is 0 Å². The quantitative estimate of drug-likeness (QED) is 0.366. The Morgan fingerprint density at radius 2 is 1.72 bits per heavy atom. The molecule has 3 unspecified atom stereocenters. The maximum atomic E-state index is 14.1. The first-order chi connectivity index (χ1) is 17.7. The molecule has 1 saturated carbocycles. The smallest absolute Gasteiger partial charge is 0.317 e. The van der Waals surface area contributed by atoms with Crippen LogP contribution in [0, 0.1) is 5.92 Å². The lowest BCUT2D eigenvalue weighted by Crippen LogP contribution is -2.46. The summed E-state index contributed by atoms with van der Waals surface area (Å²) in [4.78, 5) is 18.7. The van der Waals surface area contributed by atoms with Crippen LogP contribution in [0.4, 0.5) is 0 Å². The topological polar surface area (TPSA) is 51.2 Å². The van der Waals surface area contributed by atoms with Crippen LogP contribution in [0.3, 0.4) is 0 Å². The van der Waals surface area contributed by atoms with Crippen molar-refractivity contribution in [2.24, 2.45) is 5.92 Å². The van der Waals surface area contributed by atoms with E-state index in [0.29, 0.717) is 5.92 Å². The van der Waals surface area contributed by atoms with Gasteiger partial charge in [-0.3, -0.25) is 9.78 Å². The zero-order chi connectivity index (χ0) is 25.4. The summed E-state index contributed by atoms with van der Waals surface area (Å²) in [6.45, 7) is 7.23. The number of rotatable bonds is 6. The third-order valence-corrected chi connectivity index (χ3v) is 8.14. The summed E-state index contributed by atoms with van der Waals surface area (Å²) in [5.74, 6) is 0.625. The van der Waals surface area contributed by atoms with Gasteiger partial charge in [0.05, 0.1) is 10.9 Å². The summed E-state index contributed by atoms with van der Waals surface area (Å²) in [5, 5.41) is 4.82. The van der Waals surface area contributed by atoms with Crippen molar-refractivity contribution in [3.63, 3.8) is 0 Å².